The first kappa shape index (κ1) is 25.9. The van der Waals surface area contributed by atoms with E-state index in [-0.39, 0.29) is 30.6 Å². The highest BCUT2D eigenvalue weighted by atomic mass is 19.3. The maximum Gasteiger partial charge on any atom is 0.256 e. The first-order chi connectivity index (χ1) is 17.2. The van der Waals surface area contributed by atoms with Crippen LogP contribution in [0.25, 0.3) is 10.9 Å². The highest BCUT2D eigenvalue weighted by Gasteiger charge is 2.30. The zero-order valence-corrected chi connectivity index (χ0v) is 21.2. The Morgan fingerprint density at radius 1 is 1.22 bits per heavy atom. The smallest absolute Gasteiger partial charge is 0.256 e. The molecule has 1 aromatic carbocycles. The number of aromatic amines is 1. The Bertz CT molecular complexity index is 1290. The van der Waals surface area contributed by atoms with Gasteiger partial charge in [-0.15, -0.1) is 0 Å². The summed E-state index contributed by atoms with van der Waals surface area (Å²) in [5.74, 6) is 0.491. The molecule has 3 aromatic rings. The number of likely N-dealkylation sites (tertiary alicyclic amines) is 1. The van der Waals surface area contributed by atoms with Gasteiger partial charge >= 0.3 is 0 Å². The first-order valence-corrected chi connectivity index (χ1v) is 12.4. The van der Waals surface area contributed by atoms with Crippen molar-refractivity contribution in [3.8, 4) is 5.75 Å². The van der Waals surface area contributed by atoms with Crippen molar-refractivity contribution in [3.05, 3.63) is 63.2 Å². The van der Waals surface area contributed by atoms with Crippen molar-refractivity contribution in [1.29, 1.82) is 0 Å². The third kappa shape index (κ3) is 5.16. The molecule has 194 valence electrons. The summed E-state index contributed by atoms with van der Waals surface area (Å²) in [6, 6.07) is 9.64. The van der Waals surface area contributed by atoms with E-state index >= 15 is 0 Å². The highest BCUT2D eigenvalue weighted by molar-refractivity contribution is 6.08. The van der Waals surface area contributed by atoms with Gasteiger partial charge in [0.25, 0.3) is 17.9 Å². The number of nitrogens with one attached hydrogen (secondary N) is 2. The number of para-hydroxylation sites is 1. The number of pyridine rings is 1. The van der Waals surface area contributed by atoms with Gasteiger partial charge in [-0.2, -0.15) is 0 Å². The van der Waals surface area contributed by atoms with Crippen molar-refractivity contribution in [2.75, 3.05) is 26.7 Å². The third-order valence-corrected chi connectivity index (χ3v) is 7.38. The van der Waals surface area contributed by atoms with E-state index in [1.807, 2.05) is 36.1 Å². The van der Waals surface area contributed by atoms with Gasteiger partial charge < -0.3 is 19.6 Å². The van der Waals surface area contributed by atoms with Gasteiger partial charge in [-0.3, -0.25) is 14.5 Å². The number of aromatic nitrogens is 2. The number of halogens is 2. The Morgan fingerprint density at radius 3 is 2.58 bits per heavy atom. The minimum atomic E-state index is -2.31. The van der Waals surface area contributed by atoms with Crippen LogP contribution in [0.15, 0.2) is 35.1 Å². The number of ether oxygens (including phenoxy) is 1. The number of methoxy groups -OCH3 is 1. The lowest BCUT2D eigenvalue weighted by Gasteiger charge is -2.36. The fourth-order valence-electron chi connectivity index (χ4n) is 5.52. The average Bonchev–Trinajstić information content (AvgIpc) is 3.14. The summed E-state index contributed by atoms with van der Waals surface area (Å²) in [5.41, 5.74) is 3.14. The number of nitrogens with zero attached hydrogens (tertiary/aromatic N) is 2. The summed E-state index contributed by atoms with van der Waals surface area (Å²) in [6.07, 6.45) is -0.652. The number of H-pyrrole nitrogens is 1. The minimum absolute atomic E-state index is 0.0364. The predicted octanol–water partition coefficient (Wildman–Crippen LogP) is 4.42. The molecule has 0 aliphatic carbocycles. The summed E-state index contributed by atoms with van der Waals surface area (Å²) < 4.78 is 33.1. The van der Waals surface area contributed by atoms with Gasteiger partial charge in [0.2, 0.25) is 0 Å². The second-order valence-electron chi connectivity index (χ2n) is 9.63. The molecule has 0 radical (unpaired) electrons. The van der Waals surface area contributed by atoms with E-state index in [2.05, 4.69) is 21.8 Å². The van der Waals surface area contributed by atoms with Crippen LogP contribution in [-0.2, 0) is 6.54 Å². The first-order valence-electron chi connectivity index (χ1n) is 12.4. The molecule has 2 N–H and O–H groups in total. The molecule has 0 saturated carbocycles. The van der Waals surface area contributed by atoms with Crippen molar-refractivity contribution in [2.24, 2.45) is 5.92 Å². The number of amides is 1. The Morgan fingerprint density at radius 2 is 1.92 bits per heavy atom. The average molecular weight is 501 g/mol. The highest BCUT2D eigenvalue weighted by Crippen LogP contribution is 2.35. The molecule has 1 aliphatic rings. The fraction of sp³-hybridized carbons (Fsp3) is 0.481. The van der Waals surface area contributed by atoms with E-state index < -0.39 is 6.43 Å². The summed E-state index contributed by atoms with van der Waals surface area (Å²) in [4.78, 5) is 30.5. The Kier molecular flexibility index (Phi) is 7.78. The van der Waals surface area contributed by atoms with Crippen LogP contribution < -0.4 is 15.6 Å². The van der Waals surface area contributed by atoms with Crippen molar-refractivity contribution >= 4 is 16.8 Å². The van der Waals surface area contributed by atoms with Crippen LogP contribution in [0.1, 0.15) is 53.1 Å². The van der Waals surface area contributed by atoms with Crippen LogP contribution in [-0.4, -0.2) is 53.5 Å². The lowest BCUT2D eigenvalue weighted by molar-refractivity contribution is 0.0631. The standard InChI is InChI=1S/C27H34F2N4O3/c1-16-13-23(36-4)21(26(34)31-16)14-30-27(35)25-18(3)33(22-8-6-5-7-20(22)25)17(2)19-9-11-32(12-10-19)15-24(28)29/h5-8,13,17,19,24H,9-12,14-15H2,1-4H3,(H,30,35)(H,31,34)/t17-/m1/s1. The van der Waals surface area contributed by atoms with Crippen molar-refractivity contribution < 1.29 is 18.3 Å². The molecule has 1 atom stereocenters. The molecule has 7 nitrogen and oxygen atoms in total. The maximum absolute atomic E-state index is 13.4. The molecular weight excluding hydrogens is 466 g/mol. The number of aryl methyl sites for hydroxylation is 1. The number of rotatable bonds is 8. The lowest BCUT2D eigenvalue weighted by Crippen LogP contribution is -2.38. The van der Waals surface area contributed by atoms with Crippen LogP contribution >= 0.6 is 0 Å². The molecule has 3 heterocycles. The molecular formula is C27H34F2N4O3. The van der Waals surface area contributed by atoms with Gasteiger partial charge in [-0.1, -0.05) is 18.2 Å². The molecule has 1 fully saturated rings. The number of alkyl halides is 2. The van der Waals surface area contributed by atoms with E-state index in [0.717, 1.165) is 29.4 Å². The fourth-order valence-corrected chi connectivity index (χ4v) is 5.52. The van der Waals surface area contributed by atoms with Gasteiger partial charge in [0.05, 0.1) is 31.3 Å². The molecule has 0 unspecified atom stereocenters. The van der Waals surface area contributed by atoms with Crippen molar-refractivity contribution in [2.45, 2.75) is 52.6 Å². The number of fused-ring (bicyclic) bond motifs is 1. The molecule has 0 spiro atoms. The lowest BCUT2D eigenvalue weighted by atomic mass is 9.90. The molecule has 9 heteroatoms. The zero-order chi connectivity index (χ0) is 26.0. The van der Waals surface area contributed by atoms with Crippen LogP contribution in [0.5, 0.6) is 5.75 Å². The van der Waals surface area contributed by atoms with Crippen LogP contribution in [0.3, 0.4) is 0 Å². The molecule has 0 bridgehead atoms. The summed E-state index contributed by atoms with van der Waals surface area (Å²) in [5, 5.41) is 3.76. The normalized spacial score (nSPS) is 16.0. The van der Waals surface area contributed by atoms with Gasteiger partial charge in [0.15, 0.2) is 0 Å². The Balaban J connectivity index is 1.59. The topological polar surface area (TPSA) is 79.4 Å². The molecule has 1 aliphatic heterocycles. The third-order valence-electron chi connectivity index (χ3n) is 7.38. The van der Waals surface area contributed by atoms with E-state index in [0.29, 0.717) is 41.6 Å². The van der Waals surface area contributed by atoms with E-state index in [1.54, 1.807) is 13.0 Å². The van der Waals surface area contributed by atoms with Gasteiger partial charge in [0, 0.05) is 28.3 Å². The summed E-state index contributed by atoms with van der Waals surface area (Å²) in [6.45, 7) is 7.02. The van der Waals surface area contributed by atoms with E-state index in [1.165, 1.54) is 7.11 Å². The minimum Gasteiger partial charge on any atom is -0.496 e. The predicted molar refractivity (Wildman–Crippen MR) is 136 cm³/mol. The van der Waals surface area contributed by atoms with Crippen LogP contribution in [0, 0.1) is 19.8 Å². The maximum atomic E-state index is 13.4. The SMILES string of the molecule is COc1cc(C)[nH]c(=O)c1CNC(=O)c1c(C)n([C@H](C)C2CCN(CC(F)F)CC2)c2ccccc12. The number of carbonyl (C=O) groups excluding carboxylic acids is 1. The molecule has 1 amide bonds. The monoisotopic (exact) mass is 500 g/mol. The van der Waals surface area contributed by atoms with Crippen LogP contribution in [0.4, 0.5) is 8.78 Å². The number of hydrogen-bond donors (Lipinski definition) is 2. The van der Waals surface area contributed by atoms with Crippen molar-refractivity contribution in [1.82, 2.24) is 19.8 Å². The largest absolute Gasteiger partial charge is 0.496 e. The second kappa shape index (κ2) is 10.8. The van der Waals surface area contributed by atoms with Gasteiger partial charge in [0.1, 0.15) is 5.75 Å². The van der Waals surface area contributed by atoms with E-state index in [9.17, 15) is 18.4 Å². The Hall–Kier alpha value is -3.20. The number of benzene rings is 1. The molecule has 4 rings (SSSR count). The van der Waals surface area contributed by atoms with Gasteiger partial charge in [-0.05, 0) is 64.8 Å². The van der Waals surface area contributed by atoms with Crippen molar-refractivity contribution in [3.63, 3.8) is 0 Å². The zero-order valence-electron chi connectivity index (χ0n) is 21.2. The second-order valence-corrected chi connectivity index (χ2v) is 9.63. The van der Waals surface area contributed by atoms with E-state index in [4.69, 9.17) is 4.74 Å². The number of hydrogen-bond acceptors (Lipinski definition) is 4. The molecule has 2 aromatic heterocycles. The summed E-state index contributed by atoms with van der Waals surface area (Å²) >= 11 is 0. The number of piperidine rings is 1. The molecule has 36 heavy (non-hydrogen) atoms. The van der Waals surface area contributed by atoms with Gasteiger partial charge in [-0.25, -0.2) is 8.78 Å². The quantitative estimate of drug-likeness (QED) is 0.480. The Labute approximate surface area is 209 Å². The van der Waals surface area contributed by atoms with Crippen LogP contribution in [0.2, 0.25) is 0 Å². The number of carbonyl (C=O) groups is 1. The summed E-state index contributed by atoms with van der Waals surface area (Å²) in [7, 11) is 1.50. The molecule has 1 saturated heterocycles.